The molecule has 1 aromatic carbocycles. The lowest BCUT2D eigenvalue weighted by Gasteiger charge is -2.28. The highest BCUT2D eigenvalue weighted by molar-refractivity contribution is 9.11. The number of hydrogen-bond donors (Lipinski definition) is 1. The van der Waals surface area contributed by atoms with Crippen LogP contribution in [0, 0.1) is 0 Å². The van der Waals surface area contributed by atoms with Crippen molar-refractivity contribution in [1.29, 1.82) is 0 Å². The van der Waals surface area contributed by atoms with Crippen LogP contribution in [-0.2, 0) is 11.2 Å². The van der Waals surface area contributed by atoms with Gasteiger partial charge in [0, 0.05) is 6.42 Å². The van der Waals surface area contributed by atoms with Crippen LogP contribution in [0.2, 0.25) is 0 Å². The van der Waals surface area contributed by atoms with Gasteiger partial charge >= 0.3 is 0 Å². The van der Waals surface area contributed by atoms with Crippen LogP contribution in [0.4, 0.5) is 0 Å². The maximum atomic E-state index is 6.27. The van der Waals surface area contributed by atoms with Crippen LogP contribution in [0.15, 0.2) is 21.1 Å². The molecular formula is C16H23Br2NO2. The van der Waals surface area contributed by atoms with Gasteiger partial charge < -0.3 is 15.2 Å². The molecule has 0 saturated carbocycles. The molecule has 0 bridgehead atoms. The molecule has 0 aromatic heterocycles. The second-order valence-electron chi connectivity index (χ2n) is 6.70. The Morgan fingerprint density at radius 1 is 1.24 bits per heavy atom. The summed E-state index contributed by atoms with van der Waals surface area (Å²) in [6.45, 7) is 9.00. The van der Waals surface area contributed by atoms with Gasteiger partial charge in [-0.25, -0.2) is 0 Å². The van der Waals surface area contributed by atoms with E-state index in [-0.39, 0.29) is 17.3 Å². The lowest BCUT2D eigenvalue weighted by atomic mass is 9.97. The minimum absolute atomic E-state index is 0.0143. The monoisotopic (exact) mass is 419 g/mol. The molecule has 118 valence electrons. The maximum Gasteiger partial charge on any atom is 0.148 e. The largest absolute Gasteiger partial charge is 0.485 e. The van der Waals surface area contributed by atoms with Gasteiger partial charge in [0.05, 0.1) is 14.5 Å². The Kier molecular flexibility index (Phi) is 5.08. The summed E-state index contributed by atoms with van der Waals surface area (Å²) in [5.74, 6) is 0.829. The summed E-state index contributed by atoms with van der Waals surface area (Å²) in [7, 11) is 0. The number of benzene rings is 1. The maximum absolute atomic E-state index is 6.27. The normalized spacial score (nSPS) is 23.3. The molecule has 2 N–H and O–H groups in total. The molecule has 2 rings (SSSR count). The molecule has 1 aliphatic rings. The molecule has 1 fully saturated rings. The van der Waals surface area contributed by atoms with E-state index in [0.717, 1.165) is 27.5 Å². The lowest BCUT2D eigenvalue weighted by molar-refractivity contribution is -0.0847. The zero-order chi connectivity index (χ0) is 15.8. The number of ether oxygens (including phenoxy) is 2. The minimum Gasteiger partial charge on any atom is -0.485 e. The number of nitrogens with two attached hydrogens (primary N) is 1. The van der Waals surface area contributed by atoms with Gasteiger partial charge in [-0.3, -0.25) is 0 Å². The van der Waals surface area contributed by atoms with Gasteiger partial charge in [0.15, 0.2) is 0 Å². The van der Waals surface area contributed by atoms with E-state index in [1.165, 1.54) is 5.56 Å². The Balaban J connectivity index is 2.24. The van der Waals surface area contributed by atoms with E-state index >= 15 is 0 Å². The van der Waals surface area contributed by atoms with Gasteiger partial charge in [0.1, 0.15) is 17.5 Å². The predicted molar refractivity (Wildman–Crippen MR) is 92.9 cm³/mol. The van der Waals surface area contributed by atoms with Crippen LogP contribution in [0.3, 0.4) is 0 Å². The number of hydrogen-bond acceptors (Lipinski definition) is 3. The highest BCUT2D eigenvalue weighted by Gasteiger charge is 2.47. The Hall–Kier alpha value is -0.100. The second kappa shape index (κ2) is 6.19. The van der Waals surface area contributed by atoms with E-state index in [0.29, 0.717) is 6.54 Å². The first kappa shape index (κ1) is 17.3. The molecule has 1 atom stereocenters. The van der Waals surface area contributed by atoms with E-state index in [2.05, 4.69) is 71.7 Å². The van der Waals surface area contributed by atoms with Gasteiger partial charge in [-0.15, -0.1) is 0 Å². The first-order chi connectivity index (χ1) is 9.64. The smallest absolute Gasteiger partial charge is 0.148 e. The first-order valence-corrected chi connectivity index (χ1v) is 8.78. The second-order valence-corrected chi connectivity index (χ2v) is 8.41. The van der Waals surface area contributed by atoms with Crippen LogP contribution in [0.5, 0.6) is 5.75 Å². The summed E-state index contributed by atoms with van der Waals surface area (Å²) in [4.78, 5) is 0. The van der Waals surface area contributed by atoms with E-state index < -0.39 is 0 Å². The molecule has 1 heterocycles. The van der Waals surface area contributed by atoms with Crippen molar-refractivity contribution >= 4 is 31.9 Å². The van der Waals surface area contributed by atoms with Gasteiger partial charge in [0.25, 0.3) is 0 Å². The molecule has 5 heteroatoms. The summed E-state index contributed by atoms with van der Waals surface area (Å²) < 4.78 is 14.3. The fraction of sp³-hybridized carbons (Fsp3) is 0.625. The summed E-state index contributed by atoms with van der Waals surface area (Å²) >= 11 is 7.21. The zero-order valence-electron chi connectivity index (χ0n) is 13.0. The molecule has 1 aliphatic heterocycles. The van der Waals surface area contributed by atoms with E-state index in [4.69, 9.17) is 15.2 Å². The van der Waals surface area contributed by atoms with Crippen molar-refractivity contribution in [3.63, 3.8) is 0 Å². The third kappa shape index (κ3) is 4.01. The topological polar surface area (TPSA) is 44.5 Å². The molecule has 3 nitrogen and oxygen atoms in total. The number of rotatable bonds is 4. The molecule has 0 radical (unpaired) electrons. The van der Waals surface area contributed by atoms with Crippen LogP contribution < -0.4 is 10.5 Å². The van der Waals surface area contributed by atoms with Crippen LogP contribution in [0.1, 0.15) is 39.7 Å². The van der Waals surface area contributed by atoms with Gasteiger partial charge in [0.2, 0.25) is 0 Å². The summed E-state index contributed by atoms with van der Waals surface area (Å²) in [6.07, 6.45) is 1.73. The fourth-order valence-electron chi connectivity index (χ4n) is 2.87. The Morgan fingerprint density at radius 3 is 2.24 bits per heavy atom. The molecule has 21 heavy (non-hydrogen) atoms. The Labute approximate surface area is 143 Å². The standard InChI is InChI=1S/C16H23Br2NO2/c1-15(2)9-13(16(3,4)21-15)20-14-11(17)7-10(5-6-19)8-12(14)18/h7-8,13H,5-6,9,19H2,1-4H3. The minimum atomic E-state index is -0.307. The average Bonchev–Trinajstić information content (AvgIpc) is 2.52. The lowest BCUT2D eigenvalue weighted by Crippen LogP contribution is -2.36. The van der Waals surface area contributed by atoms with Crippen molar-refractivity contribution in [2.75, 3.05) is 6.54 Å². The predicted octanol–water partition coefficient (Wildman–Crippen LogP) is 4.44. The van der Waals surface area contributed by atoms with Crippen molar-refractivity contribution < 1.29 is 9.47 Å². The molecule has 0 spiro atoms. The van der Waals surface area contributed by atoms with Crippen molar-refractivity contribution in [3.8, 4) is 5.75 Å². The van der Waals surface area contributed by atoms with Crippen molar-refractivity contribution in [3.05, 3.63) is 26.6 Å². The van der Waals surface area contributed by atoms with E-state index in [9.17, 15) is 0 Å². The molecular weight excluding hydrogens is 398 g/mol. The molecule has 1 aromatic rings. The summed E-state index contributed by atoms with van der Waals surface area (Å²) in [6, 6.07) is 4.14. The Bertz CT molecular complexity index is 506. The highest BCUT2D eigenvalue weighted by Crippen LogP contribution is 2.43. The van der Waals surface area contributed by atoms with Gasteiger partial charge in [-0.05, 0) is 90.2 Å². The molecule has 0 amide bonds. The van der Waals surface area contributed by atoms with Crippen molar-refractivity contribution in [2.24, 2.45) is 5.73 Å². The first-order valence-electron chi connectivity index (χ1n) is 7.19. The quantitative estimate of drug-likeness (QED) is 0.782. The molecule has 0 aliphatic carbocycles. The zero-order valence-corrected chi connectivity index (χ0v) is 16.2. The number of halogens is 2. The van der Waals surface area contributed by atoms with Crippen LogP contribution >= 0.6 is 31.9 Å². The third-order valence-corrected chi connectivity index (χ3v) is 4.92. The van der Waals surface area contributed by atoms with Crippen LogP contribution in [0.25, 0.3) is 0 Å². The van der Waals surface area contributed by atoms with Gasteiger partial charge in [-0.2, -0.15) is 0 Å². The van der Waals surface area contributed by atoms with Gasteiger partial charge in [-0.1, -0.05) is 0 Å². The average molecular weight is 421 g/mol. The summed E-state index contributed by atoms with van der Waals surface area (Å²) in [5.41, 5.74) is 6.34. The Morgan fingerprint density at radius 2 is 1.81 bits per heavy atom. The van der Waals surface area contributed by atoms with Crippen LogP contribution in [-0.4, -0.2) is 23.9 Å². The third-order valence-electron chi connectivity index (χ3n) is 3.74. The molecule has 1 unspecified atom stereocenters. The fourth-order valence-corrected chi connectivity index (χ4v) is 4.34. The van der Waals surface area contributed by atoms with Crippen molar-refractivity contribution in [1.82, 2.24) is 0 Å². The van der Waals surface area contributed by atoms with E-state index in [1.807, 2.05) is 0 Å². The summed E-state index contributed by atoms with van der Waals surface area (Å²) in [5, 5.41) is 0. The van der Waals surface area contributed by atoms with E-state index in [1.54, 1.807) is 0 Å². The molecule has 1 saturated heterocycles. The van der Waals surface area contributed by atoms with Crippen molar-refractivity contribution in [2.45, 2.75) is 57.8 Å². The SMILES string of the molecule is CC1(C)CC(Oc2c(Br)cc(CCN)cc2Br)C(C)(C)O1. The highest BCUT2D eigenvalue weighted by atomic mass is 79.9.